The fraction of sp³-hybridized carbons (Fsp3) is 0.333. The first-order chi connectivity index (χ1) is 8.94. The molecule has 2 N–H and O–H groups in total. The molecule has 0 fully saturated rings. The highest BCUT2D eigenvalue weighted by Crippen LogP contribution is 2.30. The number of nitro benzene ring substituents is 1. The number of halogens is 1. The maximum Gasteiger partial charge on any atom is 0.288 e. The van der Waals surface area contributed by atoms with Crippen molar-refractivity contribution in [2.24, 2.45) is 5.14 Å². The molecule has 0 saturated heterocycles. The maximum atomic E-state index is 12.0. The van der Waals surface area contributed by atoms with Gasteiger partial charge < -0.3 is 0 Å². The number of sulfonamides is 1. The maximum absolute atomic E-state index is 12.0. The molecule has 0 amide bonds. The largest absolute Gasteiger partial charge is 0.288 e. The van der Waals surface area contributed by atoms with Crippen molar-refractivity contribution >= 4 is 37.1 Å². The zero-order chi connectivity index (χ0) is 15.7. The van der Waals surface area contributed by atoms with Crippen molar-refractivity contribution in [1.82, 2.24) is 0 Å². The highest BCUT2D eigenvalue weighted by atomic mass is 35.5. The summed E-state index contributed by atoms with van der Waals surface area (Å²) in [5.41, 5.74) is -0.315. The van der Waals surface area contributed by atoms with Crippen molar-refractivity contribution in [3.63, 3.8) is 0 Å². The van der Waals surface area contributed by atoms with Gasteiger partial charge in [0.05, 0.1) is 21.3 Å². The van der Waals surface area contributed by atoms with Crippen LogP contribution in [-0.2, 0) is 19.9 Å². The second-order valence-electron chi connectivity index (χ2n) is 4.01. The molecule has 0 atom stereocenters. The Bertz CT molecular complexity index is 757. The summed E-state index contributed by atoms with van der Waals surface area (Å²) < 4.78 is 45.6. The third kappa shape index (κ3) is 4.13. The zero-order valence-corrected chi connectivity index (χ0v) is 12.6. The van der Waals surface area contributed by atoms with Gasteiger partial charge in [-0.25, -0.2) is 22.0 Å². The van der Waals surface area contributed by atoms with E-state index in [1.165, 1.54) is 6.92 Å². The zero-order valence-electron chi connectivity index (χ0n) is 10.2. The van der Waals surface area contributed by atoms with Crippen LogP contribution < -0.4 is 5.14 Å². The van der Waals surface area contributed by atoms with Crippen molar-refractivity contribution in [3.05, 3.63) is 32.8 Å². The molecule has 1 aromatic rings. The summed E-state index contributed by atoms with van der Waals surface area (Å²) in [5, 5.41) is 15.1. The molecule has 1 rings (SSSR count). The Hall–Kier alpha value is -1.23. The first-order valence-corrected chi connectivity index (χ1v) is 8.86. The highest BCUT2D eigenvalue weighted by molar-refractivity contribution is 7.94. The molecule has 0 radical (unpaired) electrons. The van der Waals surface area contributed by atoms with Crippen LogP contribution in [0, 0.1) is 17.0 Å². The van der Waals surface area contributed by atoms with Gasteiger partial charge in [-0.1, -0.05) is 11.6 Å². The minimum atomic E-state index is -3.96. The number of hydrogen-bond acceptors (Lipinski definition) is 6. The number of aryl methyl sites for hydroxylation is 1. The molecule has 0 aliphatic rings. The van der Waals surface area contributed by atoms with Gasteiger partial charge in [0.25, 0.3) is 5.69 Å². The van der Waals surface area contributed by atoms with Gasteiger partial charge in [0.1, 0.15) is 5.02 Å². The van der Waals surface area contributed by atoms with Crippen LogP contribution in [0.5, 0.6) is 0 Å². The summed E-state index contributed by atoms with van der Waals surface area (Å²) in [4.78, 5) is 9.67. The van der Waals surface area contributed by atoms with Crippen LogP contribution in [0.4, 0.5) is 5.69 Å². The minimum Gasteiger partial charge on any atom is -0.258 e. The van der Waals surface area contributed by atoms with Crippen LogP contribution in [0.1, 0.15) is 5.56 Å². The fourth-order valence-electron chi connectivity index (χ4n) is 1.46. The second-order valence-corrected chi connectivity index (χ2v) is 8.23. The molecule has 0 bridgehead atoms. The average Bonchev–Trinajstić information content (AvgIpc) is 2.28. The molecule has 0 aliphatic carbocycles. The number of nitrogens with two attached hydrogens (primary N) is 1. The second kappa shape index (κ2) is 5.64. The van der Waals surface area contributed by atoms with Gasteiger partial charge in [-0.2, -0.15) is 0 Å². The van der Waals surface area contributed by atoms with Crippen LogP contribution in [-0.4, -0.2) is 33.3 Å². The lowest BCUT2D eigenvalue weighted by Crippen LogP contribution is -2.23. The third-order valence-corrected chi connectivity index (χ3v) is 5.60. The van der Waals surface area contributed by atoms with Crippen LogP contribution in [0.2, 0.25) is 5.02 Å². The van der Waals surface area contributed by atoms with E-state index in [0.717, 1.165) is 12.1 Å². The number of primary sulfonamides is 1. The topological polar surface area (TPSA) is 137 Å². The lowest BCUT2D eigenvalue weighted by Gasteiger charge is -2.08. The van der Waals surface area contributed by atoms with Gasteiger partial charge in [0.2, 0.25) is 10.0 Å². The smallest absolute Gasteiger partial charge is 0.258 e. The Morgan fingerprint density at radius 2 is 1.80 bits per heavy atom. The molecular weight excluding hydrogens is 332 g/mol. The number of sulfone groups is 1. The SMILES string of the molecule is Cc1cc([N+](=O)[O-])c(Cl)cc1S(=O)(=O)CCS(N)(=O)=O. The first-order valence-electron chi connectivity index (χ1n) is 5.12. The molecule has 0 aliphatic heterocycles. The van der Waals surface area contributed by atoms with E-state index in [1.54, 1.807) is 0 Å². The van der Waals surface area contributed by atoms with Crippen LogP contribution in [0.25, 0.3) is 0 Å². The molecule has 0 heterocycles. The molecule has 11 heteroatoms. The molecule has 20 heavy (non-hydrogen) atoms. The summed E-state index contributed by atoms with van der Waals surface area (Å²) in [6, 6.07) is 1.96. The summed E-state index contributed by atoms with van der Waals surface area (Å²) in [6.45, 7) is 1.35. The monoisotopic (exact) mass is 342 g/mol. The van der Waals surface area contributed by atoms with Gasteiger partial charge >= 0.3 is 0 Å². The van der Waals surface area contributed by atoms with E-state index in [9.17, 15) is 26.9 Å². The lowest BCUT2D eigenvalue weighted by molar-refractivity contribution is -0.384. The van der Waals surface area contributed by atoms with E-state index in [0.29, 0.717) is 0 Å². The standard InChI is InChI=1S/C9H11ClN2O6S2/c1-6-4-8(12(13)14)7(10)5-9(6)19(15,16)2-3-20(11,17)18/h4-5H,2-3H2,1H3,(H2,11,17,18). The van der Waals surface area contributed by atoms with Crippen molar-refractivity contribution in [2.45, 2.75) is 11.8 Å². The van der Waals surface area contributed by atoms with Crippen LogP contribution in [0.15, 0.2) is 17.0 Å². The Morgan fingerprint density at radius 3 is 2.25 bits per heavy atom. The number of nitrogens with zero attached hydrogens (tertiary/aromatic N) is 1. The molecular formula is C9H11ClN2O6S2. The Kier molecular flexibility index (Phi) is 4.74. The third-order valence-electron chi connectivity index (χ3n) is 2.41. The van der Waals surface area contributed by atoms with Gasteiger partial charge in [-0.05, 0) is 18.6 Å². The quantitative estimate of drug-likeness (QED) is 0.614. The van der Waals surface area contributed by atoms with E-state index in [1.807, 2.05) is 0 Å². The molecule has 0 aromatic heterocycles. The lowest BCUT2D eigenvalue weighted by atomic mass is 10.2. The van der Waals surface area contributed by atoms with Gasteiger partial charge in [0.15, 0.2) is 9.84 Å². The van der Waals surface area contributed by atoms with E-state index in [-0.39, 0.29) is 15.5 Å². The van der Waals surface area contributed by atoms with Crippen molar-refractivity contribution in [3.8, 4) is 0 Å². The molecule has 8 nitrogen and oxygen atoms in total. The molecule has 1 aromatic carbocycles. The molecule has 0 saturated carbocycles. The van der Waals surface area contributed by atoms with E-state index in [4.69, 9.17) is 16.7 Å². The van der Waals surface area contributed by atoms with Crippen LogP contribution >= 0.6 is 11.6 Å². The van der Waals surface area contributed by atoms with Gasteiger partial charge in [0, 0.05) is 6.07 Å². The summed E-state index contributed by atoms with van der Waals surface area (Å²) >= 11 is 5.64. The number of benzene rings is 1. The van der Waals surface area contributed by atoms with Crippen molar-refractivity contribution in [1.29, 1.82) is 0 Å². The fourth-order valence-corrected chi connectivity index (χ4v) is 4.63. The Labute approximate surface area is 120 Å². The normalized spacial score (nSPS) is 12.3. The minimum absolute atomic E-state index is 0.107. The number of rotatable bonds is 5. The van der Waals surface area contributed by atoms with E-state index >= 15 is 0 Å². The van der Waals surface area contributed by atoms with Gasteiger partial charge in [-0.15, -0.1) is 0 Å². The Morgan fingerprint density at radius 1 is 1.25 bits per heavy atom. The highest BCUT2D eigenvalue weighted by Gasteiger charge is 2.24. The average molecular weight is 343 g/mol. The van der Waals surface area contributed by atoms with Crippen molar-refractivity contribution in [2.75, 3.05) is 11.5 Å². The van der Waals surface area contributed by atoms with Gasteiger partial charge in [-0.3, -0.25) is 10.1 Å². The number of hydrogen-bond donors (Lipinski definition) is 1. The number of nitro groups is 1. The molecule has 112 valence electrons. The van der Waals surface area contributed by atoms with E-state index in [2.05, 4.69) is 0 Å². The predicted octanol–water partition coefficient (Wildman–Crippen LogP) is 0.619. The summed E-state index contributed by atoms with van der Waals surface area (Å²) in [6.07, 6.45) is 0. The summed E-state index contributed by atoms with van der Waals surface area (Å²) in [5.74, 6) is -1.47. The van der Waals surface area contributed by atoms with E-state index < -0.39 is 42.0 Å². The summed E-state index contributed by atoms with van der Waals surface area (Å²) in [7, 11) is -7.89. The first kappa shape index (κ1) is 16.8. The molecule has 0 spiro atoms. The Balaban J connectivity index is 3.27. The van der Waals surface area contributed by atoms with Crippen LogP contribution in [0.3, 0.4) is 0 Å². The predicted molar refractivity (Wildman–Crippen MR) is 72.9 cm³/mol. The molecule has 0 unspecified atom stereocenters. The van der Waals surface area contributed by atoms with Crippen molar-refractivity contribution < 1.29 is 21.8 Å².